The van der Waals surface area contributed by atoms with Crippen molar-refractivity contribution >= 4 is 39.7 Å². The zero-order chi connectivity index (χ0) is 20.2. The Bertz CT molecular complexity index is 1180. The van der Waals surface area contributed by atoms with Crippen LogP contribution in [0.25, 0.3) is 21.2 Å². The SMILES string of the molecule is CCOC(=O)c1sc(-c2ccccc2)cc1NC(=O)c1ccc2ccccc2c1. The summed E-state index contributed by atoms with van der Waals surface area (Å²) < 4.78 is 5.18. The van der Waals surface area contributed by atoms with Gasteiger partial charge < -0.3 is 10.1 Å². The molecule has 0 aliphatic heterocycles. The third-order valence-electron chi connectivity index (χ3n) is 4.51. The van der Waals surface area contributed by atoms with Gasteiger partial charge in [-0.05, 0) is 41.5 Å². The highest BCUT2D eigenvalue weighted by Crippen LogP contribution is 2.35. The largest absolute Gasteiger partial charge is 0.462 e. The fourth-order valence-corrected chi connectivity index (χ4v) is 4.11. The van der Waals surface area contributed by atoms with Crippen LogP contribution in [0, 0.1) is 0 Å². The molecule has 0 aliphatic rings. The molecule has 1 aromatic heterocycles. The molecule has 1 heterocycles. The van der Waals surface area contributed by atoms with E-state index in [9.17, 15) is 9.59 Å². The Morgan fingerprint density at radius 2 is 1.62 bits per heavy atom. The fourth-order valence-electron chi connectivity index (χ4n) is 3.10. The first-order valence-electron chi connectivity index (χ1n) is 9.32. The van der Waals surface area contributed by atoms with Gasteiger partial charge in [-0.25, -0.2) is 4.79 Å². The molecule has 1 amide bonds. The Labute approximate surface area is 172 Å². The van der Waals surface area contributed by atoms with Crippen molar-refractivity contribution in [1.29, 1.82) is 0 Å². The molecule has 144 valence electrons. The van der Waals surface area contributed by atoms with Crippen LogP contribution in [0.3, 0.4) is 0 Å². The summed E-state index contributed by atoms with van der Waals surface area (Å²) in [5.74, 6) is -0.702. The number of amides is 1. The van der Waals surface area contributed by atoms with Crippen LogP contribution in [0.5, 0.6) is 0 Å². The second-order valence-electron chi connectivity index (χ2n) is 6.46. The molecule has 3 aromatic carbocycles. The van der Waals surface area contributed by atoms with Gasteiger partial charge in [-0.15, -0.1) is 11.3 Å². The molecule has 0 saturated heterocycles. The van der Waals surface area contributed by atoms with Crippen molar-refractivity contribution in [3.8, 4) is 10.4 Å². The summed E-state index contributed by atoms with van der Waals surface area (Å²) in [6.45, 7) is 2.03. The van der Waals surface area contributed by atoms with Crippen LogP contribution in [0.2, 0.25) is 0 Å². The highest BCUT2D eigenvalue weighted by Gasteiger charge is 2.20. The van der Waals surface area contributed by atoms with E-state index in [-0.39, 0.29) is 12.5 Å². The summed E-state index contributed by atoms with van der Waals surface area (Å²) in [5.41, 5.74) is 1.98. The van der Waals surface area contributed by atoms with E-state index in [1.807, 2.05) is 72.8 Å². The maximum absolute atomic E-state index is 12.9. The topological polar surface area (TPSA) is 55.4 Å². The first-order chi connectivity index (χ1) is 14.2. The van der Waals surface area contributed by atoms with Gasteiger partial charge in [0, 0.05) is 10.4 Å². The second kappa shape index (κ2) is 8.29. The van der Waals surface area contributed by atoms with Crippen LogP contribution in [0.15, 0.2) is 78.9 Å². The number of esters is 1. The number of hydrogen-bond acceptors (Lipinski definition) is 4. The zero-order valence-corrected chi connectivity index (χ0v) is 16.7. The van der Waals surface area contributed by atoms with Crippen LogP contribution in [0.4, 0.5) is 5.69 Å². The highest BCUT2D eigenvalue weighted by molar-refractivity contribution is 7.18. The lowest BCUT2D eigenvalue weighted by atomic mass is 10.1. The van der Waals surface area contributed by atoms with Gasteiger partial charge >= 0.3 is 5.97 Å². The number of carbonyl (C=O) groups is 2. The molecule has 0 atom stereocenters. The number of anilines is 1. The summed E-state index contributed by atoms with van der Waals surface area (Å²) >= 11 is 1.31. The fraction of sp³-hybridized carbons (Fsp3) is 0.0833. The van der Waals surface area contributed by atoms with Crippen molar-refractivity contribution in [2.24, 2.45) is 0 Å². The van der Waals surface area contributed by atoms with Crippen molar-refractivity contribution in [1.82, 2.24) is 0 Å². The Morgan fingerprint density at radius 1 is 0.897 bits per heavy atom. The van der Waals surface area contributed by atoms with Gasteiger partial charge in [0.2, 0.25) is 0 Å². The Balaban J connectivity index is 1.67. The number of thiophene rings is 1. The van der Waals surface area contributed by atoms with E-state index in [0.717, 1.165) is 21.2 Å². The van der Waals surface area contributed by atoms with Crippen LogP contribution >= 0.6 is 11.3 Å². The lowest BCUT2D eigenvalue weighted by Crippen LogP contribution is -2.14. The average molecular weight is 401 g/mol. The minimum absolute atomic E-state index is 0.265. The molecule has 4 aromatic rings. The average Bonchev–Trinajstić information content (AvgIpc) is 3.18. The number of hydrogen-bond donors (Lipinski definition) is 1. The molecule has 1 N–H and O–H groups in total. The number of carbonyl (C=O) groups excluding carboxylic acids is 2. The Hall–Kier alpha value is -3.44. The molecule has 0 radical (unpaired) electrons. The molecule has 0 fully saturated rings. The van der Waals surface area contributed by atoms with E-state index in [1.54, 1.807) is 13.0 Å². The smallest absolute Gasteiger partial charge is 0.350 e. The summed E-state index contributed by atoms with van der Waals surface area (Å²) in [5, 5.41) is 4.95. The maximum atomic E-state index is 12.9. The molecule has 4 nitrogen and oxygen atoms in total. The van der Waals surface area contributed by atoms with Crippen LogP contribution in [0.1, 0.15) is 27.0 Å². The number of ether oxygens (including phenoxy) is 1. The van der Waals surface area contributed by atoms with Crippen molar-refractivity contribution in [3.63, 3.8) is 0 Å². The quantitative estimate of drug-likeness (QED) is 0.418. The lowest BCUT2D eigenvalue weighted by Gasteiger charge is -2.07. The van der Waals surface area contributed by atoms with Crippen molar-refractivity contribution in [3.05, 3.63) is 89.3 Å². The van der Waals surface area contributed by atoms with E-state index in [2.05, 4.69) is 5.32 Å². The van der Waals surface area contributed by atoms with Gasteiger partial charge in [0.05, 0.1) is 12.3 Å². The molecule has 0 unspecified atom stereocenters. The van der Waals surface area contributed by atoms with E-state index < -0.39 is 5.97 Å². The molecule has 0 spiro atoms. The molecule has 29 heavy (non-hydrogen) atoms. The number of nitrogens with one attached hydrogen (secondary N) is 1. The summed E-state index contributed by atoms with van der Waals surface area (Å²) in [6, 6.07) is 25.0. The molecule has 4 rings (SSSR count). The summed E-state index contributed by atoms with van der Waals surface area (Å²) in [4.78, 5) is 26.6. The van der Waals surface area contributed by atoms with E-state index >= 15 is 0 Å². The first-order valence-corrected chi connectivity index (χ1v) is 10.1. The van der Waals surface area contributed by atoms with Crippen LogP contribution in [-0.2, 0) is 4.74 Å². The number of fused-ring (bicyclic) bond motifs is 1. The van der Waals surface area contributed by atoms with Gasteiger partial charge in [-0.2, -0.15) is 0 Å². The molecular weight excluding hydrogens is 382 g/mol. The van der Waals surface area contributed by atoms with E-state index in [1.165, 1.54) is 11.3 Å². The normalized spacial score (nSPS) is 10.7. The van der Waals surface area contributed by atoms with Gasteiger partial charge in [-0.1, -0.05) is 60.7 Å². The van der Waals surface area contributed by atoms with Crippen molar-refractivity contribution in [2.45, 2.75) is 6.92 Å². The molecule has 5 heteroatoms. The first kappa shape index (κ1) is 18.9. The minimum Gasteiger partial charge on any atom is -0.462 e. The number of benzene rings is 3. The van der Waals surface area contributed by atoms with Crippen molar-refractivity contribution < 1.29 is 14.3 Å². The molecule has 0 aliphatic carbocycles. The van der Waals surface area contributed by atoms with Crippen LogP contribution in [-0.4, -0.2) is 18.5 Å². The van der Waals surface area contributed by atoms with Gasteiger partial charge in [0.1, 0.15) is 4.88 Å². The van der Waals surface area contributed by atoms with Crippen LogP contribution < -0.4 is 5.32 Å². The third-order valence-corrected chi connectivity index (χ3v) is 5.68. The number of rotatable bonds is 5. The lowest BCUT2D eigenvalue weighted by molar-refractivity contribution is 0.0533. The predicted molar refractivity (Wildman–Crippen MR) is 118 cm³/mol. The minimum atomic E-state index is -0.437. The van der Waals surface area contributed by atoms with E-state index in [0.29, 0.717) is 16.1 Å². The standard InChI is InChI=1S/C24H19NO3S/c1-2-28-24(27)22-20(15-21(29-22)17-9-4-3-5-10-17)25-23(26)19-13-12-16-8-6-7-11-18(16)14-19/h3-15H,2H2,1H3,(H,25,26). The van der Waals surface area contributed by atoms with Gasteiger partial charge in [-0.3, -0.25) is 4.79 Å². The highest BCUT2D eigenvalue weighted by atomic mass is 32.1. The predicted octanol–water partition coefficient (Wildman–Crippen LogP) is 6.00. The van der Waals surface area contributed by atoms with E-state index in [4.69, 9.17) is 4.74 Å². The summed E-state index contributed by atoms with van der Waals surface area (Å²) in [7, 11) is 0. The van der Waals surface area contributed by atoms with Gasteiger partial charge in [0.15, 0.2) is 0 Å². The maximum Gasteiger partial charge on any atom is 0.350 e. The third kappa shape index (κ3) is 4.05. The molecule has 0 bridgehead atoms. The Kier molecular flexibility index (Phi) is 5.40. The molecule has 0 saturated carbocycles. The second-order valence-corrected chi connectivity index (χ2v) is 7.51. The zero-order valence-electron chi connectivity index (χ0n) is 15.8. The monoisotopic (exact) mass is 401 g/mol. The van der Waals surface area contributed by atoms with Gasteiger partial charge in [0.25, 0.3) is 5.91 Å². The molecular formula is C24H19NO3S. The van der Waals surface area contributed by atoms with Crippen molar-refractivity contribution in [2.75, 3.05) is 11.9 Å². The summed E-state index contributed by atoms with van der Waals surface area (Å²) in [6.07, 6.45) is 0. The Morgan fingerprint density at radius 3 is 2.38 bits per heavy atom.